The first-order chi connectivity index (χ1) is 16.8. The predicted octanol–water partition coefficient (Wildman–Crippen LogP) is 5.03. The van der Waals surface area contributed by atoms with Crippen LogP contribution in [0.1, 0.15) is 0 Å². The molecule has 7 nitrogen and oxygen atoms in total. The van der Waals surface area contributed by atoms with Crippen LogP contribution in [0, 0.1) is 0 Å². The van der Waals surface area contributed by atoms with Crippen molar-refractivity contribution in [3.63, 3.8) is 0 Å². The molecule has 2 heterocycles. The number of ether oxygens (including phenoxy) is 1. The summed E-state index contributed by atoms with van der Waals surface area (Å²) >= 11 is 0. The van der Waals surface area contributed by atoms with Gasteiger partial charge in [-0.1, -0.05) is 24.3 Å². The third-order valence-corrected chi connectivity index (χ3v) is 7.30. The SMILES string of the molecule is CN(c1ccc(-c2cccc3c2ncn3C)cc1)c1ncccc1N(C=O)COCCS(C)(C)C. The molecule has 0 bridgehead atoms. The van der Waals surface area contributed by atoms with Crippen molar-refractivity contribution >= 4 is 44.7 Å². The van der Waals surface area contributed by atoms with E-state index >= 15 is 0 Å². The molecule has 0 unspecified atom stereocenters. The van der Waals surface area contributed by atoms with Crippen molar-refractivity contribution in [2.75, 3.05) is 54.7 Å². The Bertz CT molecular complexity index is 1300. The van der Waals surface area contributed by atoms with E-state index in [9.17, 15) is 4.79 Å². The van der Waals surface area contributed by atoms with Crippen LogP contribution in [-0.2, 0) is 16.6 Å². The molecule has 8 heteroatoms. The van der Waals surface area contributed by atoms with Gasteiger partial charge >= 0.3 is 0 Å². The van der Waals surface area contributed by atoms with Crippen molar-refractivity contribution in [3.05, 3.63) is 67.1 Å². The van der Waals surface area contributed by atoms with Crippen LogP contribution in [0.4, 0.5) is 17.2 Å². The molecule has 2 aromatic heterocycles. The van der Waals surface area contributed by atoms with Crippen LogP contribution in [0.2, 0.25) is 0 Å². The van der Waals surface area contributed by atoms with Crippen LogP contribution in [0.3, 0.4) is 0 Å². The number of nitrogens with zero attached hydrogens (tertiary/aromatic N) is 5. The minimum Gasteiger partial charge on any atom is -0.360 e. The van der Waals surface area contributed by atoms with Crippen LogP contribution < -0.4 is 9.80 Å². The highest BCUT2D eigenvalue weighted by Crippen LogP contribution is 2.35. The molecule has 0 aliphatic heterocycles. The van der Waals surface area contributed by atoms with Gasteiger partial charge in [0.25, 0.3) is 0 Å². The number of amides is 1. The summed E-state index contributed by atoms with van der Waals surface area (Å²) in [5.41, 5.74) is 5.94. The van der Waals surface area contributed by atoms with Crippen molar-refractivity contribution in [1.29, 1.82) is 0 Å². The largest absolute Gasteiger partial charge is 0.360 e. The van der Waals surface area contributed by atoms with E-state index in [1.807, 2.05) is 42.0 Å². The van der Waals surface area contributed by atoms with Crippen molar-refractivity contribution < 1.29 is 9.53 Å². The fraction of sp³-hybridized carbons (Fsp3) is 0.296. The summed E-state index contributed by atoms with van der Waals surface area (Å²) in [6.45, 7) is 0.817. The van der Waals surface area contributed by atoms with Crippen molar-refractivity contribution in [2.45, 2.75) is 0 Å². The number of fused-ring (bicyclic) bond motifs is 1. The molecule has 0 aliphatic rings. The van der Waals surface area contributed by atoms with Crippen molar-refractivity contribution in [3.8, 4) is 11.1 Å². The highest BCUT2D eigenvalue weighted by molar-refractivity contribution is 8.32. The lowest BCUT2D eigenvalue weighted by Crippen LogP contribution is -2.28. The Balaban J connectivity index is 1.54. The molecule has 0 N–H and O–H groups in total. The van der Waals surface area contributed by atoms with Gasteiger partial charge in [0.05, 0.1) is 29.7 Å². The van der Waals surface area contributed by atoms with E-state index in [0.717, 1.165) is 40.0 Å². The van der Waals surface area contributed by atoms with Gasteiger partial charge in [-0.25, -0.2) is 20.0 Å². The summed E-state index contributed by atoms with van der Waals surface area (Å²) in [6.07, 6.45) is 11.1. The van der Waals surface area contributed by atoms with E-state index in [1.165, 1.54) is 0 Å². The molecule has 0 saturated heterocycles. The van der Waals surface area contributed by atoms with Crippen LogP contribution in [0.25, 0.3) is 22.2 Å². The average molecular weight is 492 g/mol. The number of imidazole rings is 1. The van der Waals surface area contributed by atoms with E-state index in [0.29, 0.717) is 18.1 Å². The molecule has 0 spiro atoms. The molecule has 0 fully saturated rings. The van der Waals surface area contributed by atoms with Gasteiger partial charge in [-0.15, -0.1) is 0 Å². The van der Waals surface area contributed by atoms with E-state index in [2.05, 4.69) is 71.2 Å². The molecule has 4 rings (SSSR count). The zero-order valence-corrected chi connectivity index (χ0v) is 21.8. The molecule has 0 radical (unpaired) electrons. The number of aromatic nitrogens is 3. The quantitative estimate of drug-likeness (QED) is 0.177. The number of hydrogen-bond acceptors (Lipinski definition) is 5. The summed E-state index contributed by atoms with van der Waals surface area (Å²) in [4.78, 5) is 24.6. The zero-order chi connectivity index (χ0) is 25.0. The number of pyridine rings is 1. The Kier molecular flexibility index (Phi) is 7.42. The maximum absolute atomic E-state index is 11.9. The van der Waals surface area contributed by atoms with Crippen LogP contribution in [0.5, 0.6) is 0 Å². The zero-order valence-electron chi connectivity index (χ0n) is 21.0. The molecular formula is C27H33N5O2S. The van der Waals surface area contributed by atoms with Crippen molar-refractivity contribution in [1.82, 2.24) is 14.5 Å². The highest BCUT2D eigenvalue weighted by atomic mass is 32.3. The second kappa shape index (κ2) is 10.5. The molecule has 35 heavy (non-hydrogen) atoms. The number of carbonyl (C=O) groups excluding carboxylic acids is 1. The number of hydrogen-bond donors (Lipinski definition) is 0. The van der Waals surface area contributed by atoms with Gasteiger partial charge < -0.3 is 14.2 Å². The first kappa shape index (κ1) is 24.8. The average Bonchev–Trinajstić information content (AvgIpc) is 3.24. The Morgan fingerprint density at radius 1 is 1.03 bits per heavy atom. The lowest BCUT2D eigenvalue weighted by atomic mass is 10.0. The second-order valence-corrected chi connectivity index (χ2v) is 14.0. The van der Waals surface area contributed by atoms with Gasteiger partial charge in [0.1, 0.15) is 6.73 Å². The number of aryl methyl sites for hydroxylation is 1. The third-order valence-electron chi connectivity index (χ3n) is 5.91. The number of para-hydroxylation sites is 1. The molecule has 0 atom stereocenters. The molecule has 0 saturated carbocycles. The van der Waals surface area contributed by atoms with Crippen LogP contribution >= 0.6 is 10.0 Å². The van der Waals surface area contributed by atoms with Gasteiger partial charge in [-0.3, -0.25) is 9.69 Å². The van der Waals surface area contributed by atoms with E-state index in [1.54, 1.807) is 11.1 Å². The fourth-order valence-corrected chi connectivity index (χ4v) is 4.50. The Labute approximate surface area is 208 Å². The van der Waals surface area contributed by atoms with E-state index in [4.69, 9.17) is 4.74 Å². The molecule has 184 valence electrons. The molecular weight excluding hydrogens is 458 g/mol. The number of anilines is 3. The first-order valence-corrected chi connectivity index (χ1v) is 14.5. The molecule has 0 aliphatic carbocycles. The summed E-state index contributed by atoms with van der Waals surface area (Å²) in [5, 5.41) is 0. The maximum Gasteiger partial charge on any atom is 0.216 e. The van der Waals surface area contributed by atoms with Gasteiger partial charge in [-0.05, 0) is 54.7 Å². The minimum absolute atomic E-state index is 0.193. The molecule has 2 aromatic carbocycles. The standard InChI is InChI=1S/C27H33N5O2S/c1-30-18-29-26-23(8-6-9-24(26)30)21-11-13-22(14-12-21)31(2)27-25(10-7-15-28-27)32(19-33)20-34-16-17-35(3,4)5/h6-15,18-19H,16-17,20H2,1-5H3. The lowest BCUT2D eigenvalue weighted by Gasteiger charge is -2.27. The Hall–Kier alpha value is -3.36. The monoisotopic (exact) mass is 491 g/mol. The van der Waals surface area contributed by atoms with Crippen molar-refractivity contribution in [2.24, 2.45) is 7.05 Å². The summed E-state index contributed by atoms with van der Waals surface area (Å²) in [6, 6.07) is 18.2. The van der Waals surface area contributed by atoms with E-state index in [-0.39, 0.29) is 6.73 Å². The predicted molar refractivity (Wildman–Crippen MR) is 148 cm³/mol. The fourth-order valence-electron chi connectivity index (χ4n) is 3.88. The molecule has 1 amide bonds. The summed E-state index contributed by atoms with van der Waals surface area (Å²) in [7, 11) is 3.31. The Morgan fingerprint density at radius 3 is 2.51 bits per heavy atom. The first-order valence-electron chi connectivity index (χ1n) is 11.4. The molecule has 4 aromatic rings. The number of benzene rings is 2. The van der Waals surface area contributed by atoms with Crippen LogP contribution in [-0.4, -0.2) is 65.9 Å². The van der Waals surface area contributed by atoms with Gasteiger partial charge in [0.2, 0.25) is 6.41 Å². The second-order valence-electron chi connectivity index (χ2n) is 9.39. The van der Waals surface area contributed by atoms with Gasteiger partial charge in [0.15, 0.2) is 5.82 Å². The van der Waals surface area contributed by atoms with Crippen LogP contribution in [0.15, 0.2) is 67.1 Å². The number of carbonyl (C=O) groups is 1. The van der Waals surface area contributed by atoms with E-state index < -0.39 is 10.0 Å². The Morgan fingerprint density at radius 2 is 1.80 bits per heavy atom. The summed E-state index contributed by atoms with van der Waals surface area (Å²) < 4.78 is 7.84. The smallest absolute Gasteiger partial charge is 0.216 e. The van der Waals surface area contributed by atoms with Gasteiger partial charge in [0, 0.05) is 37.3 Å². The summed E-state index contributed by atoms with van der Waals surface area (Å²) in [5.74, 6) is 1.68. The maximum atomic E-state index is 11.9. The lowest BCUT2D eigenvalue weighted by molar-refractivity contribution is -0.108. The normalized spacial score (nSPS) is 12.0. The third kappa shape index (κ3) is 5.66. The topological polar surface area (TPSA) is 63.5 Å². The highest BCUT2D eigenvalue weighted by Gasteiger charge is 2.17. The van der Waals surface area contributed by atoms with Gasteiger partial charge in [-0.2, -0.15) is 0 Å². The number of rotatable bonds is 10. The minimum atomic E-state index is -0.643.